The number of allylic oxidation sites excluding steroid dienone is 2. The topological polar surface area (TPSA) is 54.7 Å². The van der Waals surface area contributed by atoms with E-state index in [0.29, 0.717) is 0 Å². The molecular formula is C30H25N3O2. The number of hydrogen-bond donors (Lipinski definition) is 0. The molecule has 4 aliphatic rings. The van der Waals surface area contributed by atoms with Crippen molar-refractivity contribution in [3.8, 4) is 0 Å². The van der Waals surface area contributed by atoms with Gasteiger partial charge in [-0.2, -0.15) is 10.1 Å². The van der Waals surface area contributed by atoms with Gasteiger partial charge in [-0.15, -0.1) is 0 Å². The van der Waals surface area contributed by atoms with Gasteiger partial charge < -0.3 is 4.57 Å². The molecule has 1 aromatic heterocycles. The number of amides is 2. The molecule has 1 aliphatic heterocycles. The molecular weight excluding hydrogens is 434 g/mol. The van der Waals surface area contributed by atoms with Gasteiger partial charge >= 0.3 is 0 Å². The van der Waals surface area contributed by atoms with E-state index < -0.39 is 0 Å². The molecule has 35 heavy (non-hydrogen) atoms. The van der Waals surface area contributed by atoms with E-state index in [1.165, 1.54) is 16.3 Å². The van der Waals surface area contributed by atoms with Crippen molar-refractivity contribution in [2.24, 2.45) is 28.8 Å². The average Bonchev–Trinajstić information content (AvgIpc) is 3.39. The fraction of sp³-hybridized carbons (Fsp3) is 0.233. The van der Waals surface area contributed by atoms with Crippen LogP contribution in [0.1, 0.15) is 24.0 Å². The van der Waals surface area contributed by atoms with Crippen molar-refractivity contribution >= 4 is 39.7 Å². The zero-order valence-electron chi connectivity index (χ0n) is 19.2. The van der Waals surface area contributed by atoms with Crippen LogP contribution in [0.3, 0.4) is 0 Å². The highest BCUT2D eigenvalue weighted by Crippen LogP contribution is 2.49. The molecule has 2 fully saturated rings. The Labute approximate surface area is 203 Å². The number of fused-ring (bicyclic) bond motifs is 3. The maximum absolute atomic E-state index is 13.1. The smallest absolute Gasteiger partial charge is 0.254 e. The van der Waals surface area contributed by atoms with Crippen LogP contribution < -0.4 is 0 Å². The lowest BCUT2D eigenvalue weighted by Crippen LogP contribution is -2.38. The molecule has 8 rings (SSSR count). The lowest BCUT2D eigenvalue weighted by atomic mass is 9.63. The molecule has 3 aromatic carbocycles. The summed E-state index contributed by atoms with van der Waals surface area (Å²) in [5, 5.41) is 9.12. The summed E-state index contributed by atoms with van der Waals surface area (Å²) in [6.45, 7) is 0.719. The second kappa shape index (κ2) is 7.77. The Balaban J connectivity index is 1.23. The predicted octanol–water partition coefficient (Wildman–Crippen LogP) is 5.37. The van der Waals surface area contributed by atoms with E-state index in [9.17, 15) is 9.59 Å². The molecule has 0 radical (unpaired) electrons. The molecule has 3 aliphatic carbocycles. The SMILES string of the molecule is O=C1[C@@H]2[C@@H](C(=O)N1/N=C\c1cn(Cc3cccc4ccccc34)c3ccccc13)[C@H]1C=C[C@@H]2CC1. The normalized spacial score (nSPS) is 25.4. The van der Waals surface area contributed by atoms with Gasteiger partial charge in [-0.25, -0.2) is 0 Å². The highest BCUT2D eigenvalue weighted by Gasteiger charge is 2.56. The van der Waals surface area contributed by atoms with E-state index in [2.05, 4.69) is 82.6 Å². The van der Waals surface area contributed by atoms with Crippen LogP contribution in [-0.4, -0.2) is 27.6 Å². The van der Waals surface area contributed by atoms with E-state index in [1.807, 2.05) is 12.1 Å². The molecule has 2 bridgehead atoms. The second-order valence-corrected chi connectivity index (χ2v) is 9.94. The summed E-state index contributed by atoms with van der Waals surface area (Å²) >= 11 is 0. The van der Waals surface area contributed by atoms with Crippen LogP contribution >= 0.6 is 0 Å². The van der Waals surface area contributed by atoms with Gasteiger partial charge in [-0.1, -0.05) is 72.8 Å². The number of para-hydroxylation sites is 1. The molecule has 1 saturated carbocycles. The second-order valence-electron chi connectivity index (χ2n) is 9.94. The van der Waals surface area contributed by atoms with Crippen molar-refractivity contribution in [2.75, 3.05) is 0 Å². The number of carbonyl (C=O) groups is 2. The highest BCUT2D eigenvalue weighted by molar-refractivity contribution is 6.07. The summed E-state index contributed by atoms with van der Waals surface area (Å²) in [7, 11) is 0. The van der Waals surface area contributed by atoms with Crippen molar-refractivity contribution in [3.63, 3.8) is 0 Å². The van der Waals surface area contributed by atoms with Crippen LogP contribution in [0.5, 0.6) is 0 Å². The standard InChI is InChI=1S/C30H25N3O2/c34-29-27-20-12-13-21(15-14-20)28(27)30(35)33(29)31-16-23-18-32(26-11-4-3-10-25(23)26)17-22-8-5-7-19-6-1-2-9-24(19)22/h1-13,16,18,20-21,27-28H,14-15,17H2/b31-16-/t20-,21+,27-,28-/m0/s1. The van der Waals surface area contributed by atoms with E-state index in [4.69, 9.17) is 0 Å². The molecule has 2 amide bonds. The quantitative estimate of drug-likeness (QED) is 0.234. The Morgan fingerprint density at radius 2 is 1.46 bits per heavy atom. The van der Waals surface area contributed by atoms with Gasteiger partial charge in [0.1, 0.15) is 0 Å². The number of rotatable bonds is 4. The van der Waals surface area contributed by atoms with Gasteiger partial charge in [0.15, 0.2) is 0 Å². The van der Waals surface area contributed by atoms with Crippen LogP contribution in [0.2, 0.25) is 0 Å². The van der Waals surface area contributed by atoms with Gasteiger partial charge in [0.05, 0.1) is 18.1 Å². The number of aromatic nitrogens is 1. The summed E-state index contributed by atoms with van der Waals surface area (Å²) < 4.78 is 2.22. The summed E-state index contributed by atoms with van der Waals surface area (Å²) in [5.41, 5.74) is 3.23. The molecule has 2 heterocycles. The molecule has 5 nitrogen and oxygen atoms in total. The number of carbonyl (C=O) groups excluding carboxylic acids is 2. The molecule has 0 spiro atoms. The minimum absolute atomic E-state index is 0.144. The fourth-order valence-corrected chi connectivity index (χ4v) is 6.41. The summed E-state index contributed by atoms with van der Waals surface area (Å²) in [4.78, 5) is 26.3. The Morgan fingerprint density at radius 3 is 2.20 bits per heavy atom. The maximum Gasteiger partial charge on any atom is 0.254 e. The van der Waals surface area contributed by atoms with Gasteiger partial charge in [0, 0.05) is 29.2 Å². The first-order valence-electron chi connectivity index (χ1n) is 12.3. The molecule has 4 atom stereocenters. The van der Waals surface area contributed by atoms with Crippen molar-refractivity contribution in [2.45, 2.75) is 19.4 Å². The average molecular weight is 460 g/mol. The lowest BCUT2D eigenvalue weighted by molar-refractivity contribution is -0.140. The first kappa shape index (κ1) is 20.4. The van der Waals surface area contributed by atoms with Gasteiger partial charge in [0.25, 0.3) is 11.8 Å². The van der Waals surface area contributed by atoms with Gasteiger partial charge in [0.2, 0.25) is 0 Å². The molecule has 172 valence electrons. The number of imide groups is 1. The van der Waals surface area contributed by atoms with Crippen molar-refractivity contribution < 1.29 is 9.59 Å². The predicted molar refractivity (Wildman–Crippen MR) is 137 cm³/mol. The maximum atomic E-state index is 13.1. The van der Waals surface area contributed by atoms with E-state index in [0.717, 1.165) is 40.9 Å². The zero-order valence-corrected chi connectivity index (χ0v) is 19.2. The molecule has 0 N–H and O–H groups in total. The van der Waals surface area contributed by atoms with Crippen LogP contribution in [0, 0.1) is 23.7 Å². The first-order chi connectivity index (χ1) is 17.2. The largest absolute Gasteiger partial charge is 0.342 e. The Morgan fingerprint density at radius 1 is 0.800 bits per heavy atom. The summed E-state index contributed by atoms with van der Waals surface area (Å²) in [6, 6.07) is 23.0. The minimum atomic E-state index is -0.240. The number of hydrogen-bond acceptors (Lipinski definition) is 3. The first-order valence-corrected chi connectivity index (χ1v) is 12.3. The van der Waals surface area contributed by atoms with Crippen molar-refractivity contribution in [3.05, 3.63) is 96.2 Å². The Hall–Kier alpha value is -3.99. The third-order valence-corrected chi connectivity index (χ3v) is 8.09. The highest BCUT2D eigenvalue weighted by atomic mass is 16.2. The third kappa shape index (κ3) is 3.11. The van der Waals surface area contributed by atoms with E-state index in [-0.39, 0.29) is 35.5 Å². The fourth-order valence-electron chi connectivity index (χ4n) is 6.41. The van der Waals surface area contributed by atoms with Crippen LogP contribution in [0.4, 0.5) is 0 Å². The van der Waals surface area contributed by atoms with E-state index >= 15 is 0 Å². The number of nitrogens with zero attached hydrogens (tertiary/aromatic N) is 3. The Bertz CT molecular complexity index is 1530. The summed E-state index contributed by atoms with van der Waals surface area (Å²) in [6.07, 6.45) is 9.99. The van der Waals surface area contributed by atoms with Crippen molar-refractivity contribution in [1.82, 2.24) is 9.58 Å². The molecule has 0 unspecified atom stereocenters. The molecule has 1 saturated heterocycles. The van der Waals surface area contributed by atoms with E-state index in [1.54, 1.807) is 6.21 Å². The van der Waals surface area contributed by atoms with Crippen LogP contribution in [0.25, 0.3) is 21.7 Å². The summed E-state index contributed by atoms with van der Waals surface area (Å²) in [5.74, 6) is -0.426. The molecule has 5 heteroatoms. The monoisotopic (exact) mass is 459 g/mol. The molecule has 4 aromatic rings. The lowest BCUT2D eigenvalue weighted by Gasteiger charge is -2.37. The van der Waals surface area contributed by atoms with Gasteiger partial charge in [-0.05, 0) is 47.1 Å². The van der Waals surface area contributed by atoms with Crippen LogP contribution in [-0.2, 0) is 16.1 Å². The number of benzene rings is 3. The Kier molecular flexibility index (Phi) is 4.53. The minimum Gasteiger partial charge on any atom is -0.342 e. The number of hydrazone groups is 1. The van der Waals surface area contributed by atoms with Crippen molar-refractivity contribution in [1.29, 1.82) is 0 Å². The zero-order chi connectivity index (χ0) is 23.5. The van der Waals surface area contributed by atoms with Gasteiger partial charge in [-0.3, -0.25) is 9.59 Å². The third-order valence-electron chi connectivity index (χ3n) is 8.09. The van der Waals surface area contributed by atoms with Crippen LogP contribution in [0.15, 0.2) is 90.2 Å².